The fourth-order valence-corrected chi connectivity index (χ4v) is 7.21. The summed E-state index contributed by atoms with van der Waals surface area (Å²) in [5.74, 6) is 0.664. The summed E-state index contributed by atoms with van der Waals surface area (Å²) in [6.07, 6.45) is 5.12. The smallest absolute Gasteiger partial charge is 0.336 e. The van der Waals surface area contributed by atoms with Crippen LogP contribution in [0.15, 0.2) is 42.0 Å². The van der Waals surface area contributed by atoms with Crippen LogP contribution in [0, 0.1) is 22.7 Å². The molecule has 0 radical (unpaired) electrons. The van der Waals surface area contributed by atoms with Crippen LogP contribution in [0.1, 0.15) is 57.8 Å². The van der Waals surface area contributed by atoms with E-state index in [1.165, 1.54) is 12.7 Å². The van der Waals surface area contributed by atoms with Crippen LogP contribution in [0.3, 0.4) is 0 Å². The molecule has 1 aromatic carbocycles. The number of benzene rings is 1. The standard InChI is InChI=1S/C28H36O7/c1-16-5-10-23-27(2,19(16)8-7-18-21(30)14-33-25(18)31)12-11-24-28(23,3)15-34-26(35-24)17-6-9-20(29)22(13-17)32-4/h6-7,9,13,19,21,23-24,26,29-30H,1,5,8,10-12,14-15H2,2-4H3/b18-7+/t19-,21+,23+,24?,26?,27+,28+/m1/s1. The van der Waals surface area contributed by atoms with E-state index in [-0.39, 0.29) is 35.2 Å². The fourth-order valence-electron chi connectivity index (χ4n) is 7.21. The summed E-state index contributed by atoms with van der Waals surface area (Å²) in [5.41, 5.74) is 2.27. The Kier molecular flexibility index (Phi) is 6.22. The van der Waals surface area contributed by atoms with Crippen LogP contribution in [0.2, 0.25) is 0 Å². The minimum atomic E-state index is -0.841. The molecule has 5 rings (SSSR count). The second-order valence-corrected chi connectivity index (χ2v) is 11.1. The predicted octanol–water partition coefficient (Wildman–Crippen LogP) is 4.44. The fraction of sp³-hybridized carbons (Fsp3) is 0.607. The zero-order valence-corrected chi connectivity index (χ0v) is 20.8. The van der Waals surface area contributed by atoms with Gasteiger partial charge in [0.1, 0.15) is 12.7 Å². The SMILES string of the molecule is C=C1CC[C@H]2[C@@](C)(CCC3OC(c4ccc(O)c(OC)c4)OC[C@]32C)[C@@H]1C/C=C1/C(=O)OC[C@@H]1O. The van der Waals surface area contributed by atoms with Crippen molar-refractivity contribution in [2.75, 3.05) is 20.3 Å². The van der Waals surface area contributed by atoms with Crippen LogP contribution in [-0.2, 0) is 19.0 Å². The van der Waals surface area contributed by atoms with E-state index in [1.54, 1.807) is 12.1 Å². The highest BCUT2D eigenvalue weighted by atomic mass is 16.7. The molecule has 0 aromatic heterocycles. The normalized spacial score (nSPS) is 40.2. The molecule has 1 aromatic rings. The second-order valence-electron chi connectivity index (χ2n) is 11.1. The summed E-state index contributed by atoms with van der Waals surface area (Å²) in [4.78, 5) is 12.0. The maximum atomic E-state index is 12.0. The number of phenols is 1. The monoisotopic (exact) mass is 484 g/mol. The topological polar surface area (TPSA) is 94.5 Å². The largest absolute Gasteiger partial charge is 0.504 e. The molecular weight excluding hydrogens is 448 g/mol. The summed E-state index contributed by atoms with van der Waals surface area (Å²) in [6, 6.07) is 5.19. The number of aliphatic hydroxyl groups is 1. The summed E-state index contributed by atoms with van der Waals surface area (Å²) < 4.78 is 23.1. The molecule has 7 heteroatoms. The number of aromatic hydroxyl groups is 1. The Hall–Kier alpha value is -2.35. The summed E-state index contributed by atoms with van der Waals surface area (Å²) >= 11 is 0. The summed E-state index contributed by atoms with van der Waals surface area (Å²) in [6.45, 7) is 9.68. The van der Waals surface area contributed by atoms with Crippen molar-refractivity contribution < 1.29 is 34.0 Å². The Morgan fingerprint density at radius 1 is 1.26 bits per heavy atom. The van der Waals surface area contributed by atoms with Crippen molar-refractivity contribution in [3.63, 3.8) is 0 Å². The van der Waals surface area contributed by atoms with E-state index < -0.39 is 18.4 Å². The number of phenolic OH excluding ortho intramolecular Hbond substituents is 1. The molecule has 7 atom stereocenters. The molecule has 0 bridgehead atoms. The van der Waals surface area contributed by atoms with E-state index >= 15 is 0 Å². The van der Waals surface area contributed by atoms with Gasteiger partial charge < -0.3 is 29.2 Å². The van der Waals surface area contributed by atoms with Gasteiger partial charge in [-0.1, -0.05) is 38.1 Å². The zero-order valence-electron chi connectivity index (χ0n) is 20.8. The van der Waals surface area contributed by atoms with Crippen molar-refractivity contribution in [1.29, 1.82) is 0 Å². The van der Waals surface area contributed by atoms with Gasteiger partial charge in [0.05, 0.1) is 25.4 Å². The first kappa shape index (κ1) is 24.3. The quantitative estimate of drug-likeness (QED) is 0.371. The Labute approximate surface area is 206 Å². The number of aliphatic hydroxyl groups excluding tert-OH is 1. The third-order valence-corrected chi connectivity index (χ3v) is 9.17. The lowest BCUT2D eigenvalue weighted by molar-refractivity contribution is -0.307. The number of carbonyl (C=O) groups is 1. The first-order valence-corrected chi connectivity index (χ1v) is 12.5. The van der Waals surface area contributed by atoms with Gasteiger partial charge in [-0.25, -0.2) is 4.79 Å². The maximum Gasteiger partial charge on any atom is 0.336 e. The molecule has 0 spiro atoms. The molecule has 2 aliphatic carbocycles. The molecule has 2 N–H and O–H groups in total. The van der Waals surface area contributed by atoms with Crippen molar-refractivity contribution >= 4 is 5.97 Å². The number of ether oxygens (including phenoxy) is 4. The number of carbonyl (C=O) groups excluding carboxylic acids is 1. The van der Waals surface area contributed by atoms with Crippen molar-refractivity contribution in [2.24, 2.45) is 22.7 Å². The highest BCUT2D eigenvalue weighted by molar-refractivity contribution is 5.91. The summed E-state index contributed by atoms with van der Waals surface area (Å²) in [5, 5.41) is 20.1. The Morgan fingerprint density at radius 3 is 2.77 bits per heavy atom. The van der Waals surface area contributed by atoms with Crippen LogP contribution in [0.25, 0.3) is 0 Å². The minimum absolute atomic E-state index is 0.00752. The number of methoxy groups -OCH3 is 1. The number of hydrogen-bond donors (Lipinski definition) is 2. The number of allylic oxidation sites excluding steroid dienone is 2. The van der Waals surface area contributed by atoms with Gasteiger partial charge in [0.2, 0.25) is 0 Å². The highest BCUT2D eigenvalue weighted by Gasteiger charge is 2.60. The Morgan fingerprint density at radius 2 is 2.06 bits per heavy atom. The molecule has 190 valence electrons. The molecule has 35 heavy (non-hydrogen) atoms. The maximum absolute atomic E-state index is 12.0. The second kappa shape index (κ2) is 8.95. The van der Waals surface area contributed by atoms with Crippen LogP contribution in [0.5, 0.6) is 11.5 Å². The van der Waals surface area contributed by atoms with Gasteiger partial charge in [-0.15, -0.1) is 0 Å². The average molecular weight is 485 g/mol. The molecule has 2 heterocycles. The molecule has 4 fully saturated rings. The van der Waals surface area contributed by atoms with Crippen molar-refractivity contribution in [3.05, 3.63) is 47.6 Å². The molecule has 7 nitrogen and oxygen atoms in total. The molecule has 2 saturated carbocycles. The molecule has 0 amide bonds. The number of cyclic esters (lactones) is 1. The van der Waals surface area contributed by atoms with Crippen LogP contribution < -0.4 is 4.74 Å². The van der Waals surface area contributed by atoms with E-state index in [1.807, 2.05) is 12.1 Å². The average Bonchev–Trinajstić information content (AvgIpc) is 3.15. The van der Waals surface area contributed by atoms with E-state index in [4.69, 9.17) is 18.9 Å². The van der Waals surface area contributed by atoms with Gasteiger partial charge in [0.15, 0.2) is 17.8 Å². The van der Waals surface area contributed by atoms with Crippen LogP contribution in [-0.4, -0.2) is 48.7 Å². The molecule has 2 saturated heterocycles. The van der Waals surface area contributed by atoms with Gasteiger partial charge in [0.25, 0.3) is 0 Å². The van der Waals surface area contributed by atoms with E-state index in [9.17, 15) is 15.0 Å². The van der Waals surface area contributed by atoms with E-state index in [0.717, 1.165) is 31.2 Å². The predicted molar refractivity (Wildman–Crippen MR) is 129 cm³/mol. The number of fused-ring (bicyclic) bond motifs is 3. The van der Waals surface area contributed by atoms with Crippen molar-refractivity contribution in [2.45, 2.75) is 64.4 Å². The Bertz CT molecular complexity index is 1050. The minimum Gasteiger partial charge on any atom is -0.504 e. The molecule has 2 aliphatic heterocycles. The first-order chi connectivity index (χ1) is 16.7. The molecule has 4 aliphatic rings. The lowest BCUT2D eigenvalue weighted by Crippen LogP contribution is -2.60. The zero-order chi connectivity index (χ0) is 25.0. The van der Waals surface area contributed by atoms with Crippen molar-refractivity contribution in [1.82, 2.24) is 0 Å². The van der Waals surface area contributed by atoms with Crippen molar-refractivity contribution in [3.8, 4) is 11.5 Å². The van der Waals surface area contributed by atoms with Gasteiger partial charge >= 0.3 is 5.97 Å². The van der Waals surface area contributed by atoms with Gasteiger partial charge in [-0.3, -0.25) is 0 Å². The lowest BCUT2D eigenvalue weighted by Gasteiger charge is -2.62. The number of esters is 1. The highest BCUT2D eigenvalue weighted by Crippen LogP contribution is 2.64. The number of hydrogen-bond acceptors (Lipinski definition) is 7. The summed E-state index contributed by atoms with van der Waals surface area (Å²) in [7, 11) is 1.53. The third-order valence-electron chi connectivity index (χ3n) is 9.17. The van der Waals surface area contributed by atoms with Gasteiger partial charge in [-0.05, 0) is 61.5 Å². The van der Waals surface area contributed by atoms with Gasteiger partial charge in [-0.2, -0.15) is 0 Å². The third kappa shape index (κ3) is 3.98. The van der Waals surface area contributed by atoms with Gasteiger partial charge in [0, 0.05) is 11.0 Å². The lowest BCUT2D eigenvalue weighted by atomic mass is 9.46. The Balaban J connectivity index is 1.37. The molecular formula is C28H36O7. The molecule has 2 unspecified atom stereocenters. The van der Waals surface area contributed by atoms with Crippen LogP contribution >= 0.6 is 0 Å². The van der Waals surface area contributed by atoms with E-state index in [2.05, 4.69) is 20.4 Å². The van der Waals surface area contributed by atoms with Crippen LogP contribution in [0.4, 0.5) is 0 Å². The first-order valence-electron chi connectivity index (χ1n) is 12.5. The van der Waals surface area contributed by atoms with E-state index in [0.29, 0.717) is 30.3 Å². The number of rotatable bonds is 4.